The Morgan fingerprint density at radius 1 is 1.23 bits per heavy atom. The summed E-state index contributed by atoms with van der Waals surface area (Å²) in [5.41, 5.74) is 1.68. The van der Waals surface area contributed by atoms with E-state index >= 15 is 0 Å². The summed E-state index contributed by atoms with van der Waals surface area (Å²) in [6.45, 7) is 6.29. The van der Waals surface area contributed by atoms with Crippen molar-refractivity contribution in [3.63, 3.8) is 0 Å². The minimum Gasteiger partial charge on any atom is -0.360 e. The number of rotatable bonds is 10. The van der Waals surface area contributed by atoms with E-state index in [0.717, 1.165) is 22.9 Å². The van der Waals surface area contributed by atoms with Crippen LogP contribution in [0.25, 0.3) is 0 Å². The minimum absolute atomic E-state index is 0.0458. The highest BCUT2D eigenvalue weighted by molar-refractivity contribution is 7.90. The topological polar surface area (TPSA) is 67.2 Å². The lowest BCUT2D eigenvalue weighted by Crippen LogP contribution is -2.41. The molecule has 0 atom stereocenters. The van der Waals surface area contributed by atoms with Crippen molar-refractivity contribution in [2.24, 2.45) is 11.8 Å². The van der Waals surface area contributed by atoms with Gasteiger partial charge in [0.25, 0.3) is 0 Å². The predicted molar refractivity (Wildman–Crippen MR) is 126 cm³/mol. The van der Waals surface area contributed by atoms with Crippen LogP contribution in [0.3, 0.4) is 0 Å². The number of hydrogen-bond donors (Lipinski definition) is 1. The van der Waals surface area contributed by atoms with Crippen LogP contribution >= 0.6 is 12.2 Å². The first-order chi connectivity index (χ1) is 14.8. The van der Waals surface area contributed by atoms with Crippen LogP contribution in [-0.4, -0.2) is 40.6 Å². The van der Waals surface area contributed by atoms with E-state index in [0.29, 0.717) is 31.0 Å². The number of imidazole rings is 1. The van der Waals surface area contributed by atoms with Crippen LogP contribution in [-0.2, 0) is 28.7 Å². The SMILES string of the molecule is CC(C)Cn1c(CN(CC2CC2)C(=S)NC2CC2)cnc1S(=O)(=O)Cc1ccccc1. The Kier molecular flexibility index (Phi) is 6.67. The average Bonchev–Trinajstić information content (AvgIpc) is 3.63. The molecule has 6 nitrogen and oxygen atoms in total. The number of aromatic nitrogens is 2. The third kappa shape index (κ3) is 6.07. The van der Waals surface area contributed by atoms with Crippen LogP contribution in [0.4, 0.5) is 0 Å². The molecule has 0 amide bonds. The van der Waals surface area contributed by atoms with E-state index in [1.54, 1.807) is 6.20 Å². The summed E-state index contributed by atoms with van der Waals surface area (Å²) in [5.74, 6) is 0.935. The molecule has 0 radical (unpaired) electrons. The zero-order valence-electron chi connectivity index (χ0n) is 18.3. The molecule has 2 aliphatic carbocycles. The molecule has 1 heterocycles. The molecule has 2 aromatic rings. The zero-order valence-corrected chi connectivity index (χ0v) is 20.0. The molecule has 31 heavy (non-hydrogen) atoms. The summed E-state index contributed by atoms with van der Waals surface area (Å²) in [6.07, 6.45) is 6.55. The lowest BCUT2D eigenvalue weighted by molar-refractivity contribution is 0.364. The van der Waals surface area contributed by atoms with Gasteiger partial charge in [-0.05, 0) is 55.3 Å². The highest BCUT2D eigenvalue weighted by atomic mass is 32.2. The van der Waals surface area contributed by atoms with E-state index < -0.39 is 9.84 Å². The maximum atomic E-state index is 13.2. The number of nitrogens with one attached hydrogen (secondary N) is 1. The van der Waals surface area contributed by atoms with Crippen molar-refractivity contribution in [2.45, 2.75) is 69.6 Å². The molecule has 0 unspecified atom stereocenters. The summed E-state index contributed by atoms with van der Waals surface area (Å²) < 4.78 is 28.4. The normalized spacial score (nSPS) is 16.5. The van der Waals surface area contributed by atoms with Crippen LogP contribution in [0, 0.1) is 11.8 Å². The number of sulfone groups is 1. The molecule has 2 fully saturated rings. The highest BCUT2D eigenvalue weighted by Crippen LogP contribution is 2.31. The van der Waals surface area contributed by atoms with Gasteiger partial charge in [-0.2, -0.15) is 0 Å². The van der Waals surface area contributed by atoms with E-state index in [2.05, 4.69) is 29.0 Å². The monoisotopic (exact) mass is 460 g/mol. The Labute approximate surface area is 191 Å². The zero-order chi connectivity index (χ0) is 22.0. The van der Waals surface area contributed by atoms with Crippen molar-refractivity contribution >= 4 is 27.2 Å². The second-order valence-electron chi connectivity index (χ2n) is 9.33. The first kappa shape index (κ1) is 22.3. The maximum absolute atomic E-state index is 13.2. The predicted octanol–water partition coefficient (Wildman–Crippen LogP) is 3.76. The number of hydrogen-bond acceptors (Lipinski definition) is 4. The molecule has 1 aromatic heterocycles. The van der Waals surface area contributed by atoms with Gasteiger partial charge in [-0.3, -0.25) is 0 Å². The lowest BCUT2D eigenvalue weighted by atomic mass is 10.2. The highest BCUT2D eigenvalue weighted by Gasteiger charge is 2.30. The second kappa shape index (κ2) is 9.28. The fourth-order valence-corrected chi connectivity index (χ4v) is 5.51. The number of nitrogens with zero attached hydrogens (tertiary/aromatic N) is 3. The molecular formula is C23H32N4O2S2. The standard InChI is InChI=1S/C23H32N4O2S2/c1-17(2)13-27-21(15-26(14-18-8-9-18)22(30)25-20-10-11-20)12-24-23(27)31(28,29)16-19-6-4-3-5-7-19/h3-7,12,17-18,20H,8-11,13-16H2,1-2H3,(H,25,30). The molecule has 1 N–H and O–H groups in total. The lowest BCUT2D eigenvalue weighted by Gasteiger charge is -2.27. The van der Waals surface area contributed by atoms with Crippen molar-refractivity contribution in [1.82, 2.24) is 19.8 Å². The third-order valence-corrected chi connectivity index (χ3v) is 7.62. The molecule has 0 spiro atoms. The smallest absolute Gasteiger partial charge is 0.228 e. The van der Waals surface area contributed by atoms with Gasteiger partial charge in [0, 0.05) is 19.1 Å². The van der Waals surface area contributed by atoms with Gasteiger partial charge in [-0.25, -0.2) is 13.4 Å². The van der Waals surface area contributed by atoms with E-state index in [9.17, 15) is 8.42 Å². The quantitative estimate of drug-likeness (QED) is 0.545. The molecule has 2 saturated carbocycles. The molecule has 0 bridgehead atoms. The molecule has 1 aromatic carbocycles. The molecular weight excluding hydrogens is 428 g/mol. The van der Waals surface area contributed by atoms with Crippen LogP contribution in [0.15, 0.2) is 41.7 Å². The van der Waals surface area contributed by atoms with Crippen LogP contribution in [0.5, 0.6) is 0 Å². The fourth-order valence-electron chi connectivity index (χ4n) is 3.71. The molecule has 2 aliphatic rings. The summed E-state index contributed by atoms with van der Waals surface area (Å²) in [4.78, 5) is 6.60. The van der Waals surface area contributed by atoms with Gasteiger partial charge in [-0.15, -0.1) is 0 Å². The van der Waals surface area contributed by atoms with Crippen molar-refractivity contribution in [3.05, 3.63) is 47.8 Å². The van der Waals surface area contributed by atoms with Gasteiger partial charge in [0.15, 0.2) is 5.11 Å². The van der Waals surface area contributed by atoms with E-state index in [1.165, 1.54) is 25.7 Å². The Morgan fingerprint density at radius 3 is 2.55 bits per heavy atom. The van der Waals surface area contributed by atoms with Crippen molar-refractivity contribution < 1.29 is 8.42 Å². The summed E-state index contributed by atoms with van der Waals surface area (Å²) >= 11 is 5.70. The fraction of sp³-hybridized carbons (Fsp3) is 0.565. The molecule has 8 heteroatoms. The first-order valence-electron chi connectivity index (χ1n) is 11.2. The van der Waals surface area contributed by atoms with Crippen molar-refractivity contribution in [1.29, 1.82) is 0 Å². The van der Waals surface area contributed by atoms with Crippen LogP contribution < -0.4 is 5.32 Å². The Morgan fingerprint density at radius 2 is 1.94 bits per heavy atom. The summed E-state index contributed by atoms with van der Waals surface area (Å²) in [7, 11) is -3.56. The Hall–Kier alpha value is -1.93. The van der Waals surface area contributed by atoms with Gasteiger partial charge in [-0.1, -0.05) is 44.2 Å². The second-order valence-corrected chi connectivity index (χ2v) is 11.6. The molecule has 4 rings (SSSR count). The maximum Gasteiger partial charge on any atom is 0.228 e. The van der Waals surface area contributed by atoms with Crippen molar-refractivity contribution in [2.75, 3.05) is 6.54 Å². The average molecular weight is 461 g/mol. The minimum atomic E-state index is -3.56. The number of benzene rings is 1. The summed E-state index contributed by atoms with van der Waals surface area (Å²) in [5, 5.41) is 4.38. The summed E-state index contributed by atoms with van der Waals surface area (Å²) in [6, 6.07) is 9.79. The molecule has 0 aliphatic heterocycles. The first-order valence-corrected chi connectivity index (χ1v) is 13.2. The molecule has 168 valence electrons. The van der Waals surface area contributed by atoms with Gasteiger partial charge in [0.2, 0.25) is 15.0 Å². The van der Waals surface area contributed by atoms with E-state index in [4.69, 9.17) is 12.2 Å². The van der Waals surface area contributed by atoms with Gasteiger partial charge < -0.3 is 14.8 Å². The van der Waals surface area contributed by atoms with Crippen molar-refractivity contribution in [3.8, 4) is 0 Å². The van der Waals surface area contributed by atoms with E-state index in [1.807, 2.05) is 34.9 Å². The largest absolute Gasteiger partial charge is 0.360 e. The van der Waals surface area contributed by atoms with E-state index in [-0.39, 0.29) is 10.9 Å². The Balaban J connectivity index is 1.59. The van der Waals surface area contributed by atoms with Gasteiger partial charge in [0.05, 0.1) is 24.2 Å². The van der Waals surface area contributed by atoms with Crippen LogP contribution in [0.1, 0.15) is 50.8 Å². The van der Waals surface area contributed by atoms with Gasteiger partial charge in [0.1, 0.15) is 0 Å². The molecule has 0 saturated heterocycles. The third-order valence-electron chi connectivity index (χ3n) is 5.65. The Bertz CT molecular complexity index is 1010. The number of thiocarbonyl (C=S) groups is 1. The van der Waals surface area contributed by atoms with Gasteiger partial charge >= 0.3 is 0 Å². The van der Waals surface area contributed by atoms with Crippen LogP contribution in [0.2, 0.25) is 0 Å².